The molecule has 1 fully saturated rings. The molecule has 1 aliphatic rings. The van der Waals surface area contributed by atoms with Crippen LogP contribution in [0.4, 0.5) is 0 Å². The number of hydrogen-bond acceptors (Lipinski definition) is 2. The highest BCUT2D eigenvalue weighted by Gasteiger charge is 2.23. The number of aryl methyl sites for hydroxylation is 1. The van der Waals surface area contributed by atoms with Crippen LogP contribution in [0.1, 0.15) is 12.8 Å². The Balaban J connectivity index is 1.99. The number of hydrogen-bond donors (Lipinski definition) is 1. The molecule has 0 aliphatic heterocycles. The van der Waals surface area contributed by atoms with Gasteiger partial charge < -0.3 is 9.88 Å². The fourth-order valence-electron chi connectivity index (χ4n) is 1.29. The highest BCUT2D eigenvalue weighted by molar-refractivity contribution is 5.76. The van der Waals surface area contributed by atoms with E-state index in [4.69, 9.17) is 0 Å². The Hall–Kier alpha value is -1.52. The maximum Gasteiger partial charge on any atom is 0.328 e. The van der Waals surface area contributed by atoms with Crippen molar-refractivity contribution in [1.29, 1.82) is 0 Å². The van der Waals surface area contributed by atoms with Crippen LogP contribution < -0.4 is 11.0 Å². The van der Waals surface area contributed by atoms with Crippen molar-refractivity contribution in [2.24, 2.45) is 7.05 Å². The van der Waals surface area contributed by atoms with Crippen LogP contribution in [0.2, 0.25) is 0 Å². The van der Waals surface area contributed by atoms with E-state index in [0.717, 1.165) is 12.8 Å². The molecule has 1 amide bonds. The summed E-state index contributed by atoms with van der Waals surface area (Å²) < 4.78 is 2.85. The summed E-state index contributed by atoms with van der Waals surface area (Å²) in [6.07, 6.45) is 5.40. The summed E-state index contributed by atoms with van der Waals surface area (Å²) in [5, 5.41) is 2.83. The fourth-order valence-corrected chi connectivity index (χ4v) is 1.29. The third-order valence-corrected chi connectivity index (χ3v) is 2.27. The number of rotatable bonds is 3. The molecule has 0 radical (unpaired) electrons. The van der Waals surface area contributed by atoms with Gasteiger partial charge in [-0.15, -0.1) is 0 Å². The first-order valence-corrected chi connectivity index (χ1v) is 4.68. The average molecular weight is 195 g/mol. The third-order valence-electron chi connectivity index (χ3n) is 2.27. The normalized spacial score (nSPS) is 15.5. The van der Waals surface area contributed by atoms with Crippen LogP contribution in [0.25, 0.3) is 0 Å². The van der Waals surface area contributed by atoms with Crippen LogP contribution in [0, 0.1) is 0 Å². The summed E-state index contributed by atoms with van der Waals surface area (Å²) in [4.78, 5) is 22.7. The standard InChI is InChI=1S/C9H13N3O2/c1-11-4-5-12(9(11)14)6-8(13)10-7-2-3-7/h4-5,7H,2-3,6H2,1H3,(H,10,13). The summed E-state index contributed by atoms with van der Waals surface area (Å²) in [5.41, 5.74) is -0.157. The Morgan fingerprint density at radius 1 is 1.57 bits per heavy atom. The van der Waals surface area contributed by atoms with Crippen LogP contribution in [0.3, 0.4) is 0 Å². The molecule has 1 heterocycles. The minimum atomic E-state index is -0.157. The second-order valence-electron chi connectivity index (χ2n) is 3.66. The van der Waals surface area contributed by atoms with Gasteiger partial charge in [0.1, 0.15) is 6.54 Å². The lowest BCUT2D eigenvalue weighted by molar-refractivity contribution is -0.121. The molecule has 1 aromatic rings. The Morgan fingerprint density at radius 2 is 2.29 bits per heavy atom. The number of carbonyl (C=O) groups excluding carboxylic acids is 1. The van der Waals surface area contributed by atoms with Crippen molar-refractivity contribution in [3.8, 4) is 0 Å². The van der Waals surface area contributed by atoms with Crippen molar-refractivity contribution in [3.05, 3.63) is 22.9 Å². The van der Waals surface area contributed by atoms with Gasteiger partial charge in [0.25, 0.3) is 0 Å². The van der Waals surface area contributed by atoms with Crippen LogP contribution in [0.15, 0.2) is 17.2 Å². The van der Waals surface area contributed by atoms with Gasteiger partial charge in [0.2, 0.25) is 5.91 Å². The minimum Gasteiger partial charge on any atom is -0.352 e. The van der Waals surface area contributed by atoms with Gasteiger partial charge in [-0.25, -0.2) is 4.79 Å². The molecular formula is C9H13N3O2. The first-order valence-electron chi connectivity index (χ1n) is 4.68. The summed E-state index contributed by atoms with van der Waals surface area (Å²) in [5.74, 6) is -0.0826. The lowest BCUT2D eigenvalue weighted by atomic mass is 10.5. The second-order valence-corrected chi connectivity index (χ2v) is 3.66. The summed E-state index contributed by atoms with van der Waals surface area (Å²) in [7, 11) is 1.66. The van der Waals surface area contributed by atoms with E-state index in [1.807, 2.05) is 0 Å². The lowest BCUT2D eigenvalue weighted by Gasteiger charge is -2.02. The number of imidazole rings is 1. The number of nitrogens with one attached hydrogen (secondary N) is 1. The minimum absolute atomic E-state index is 0.0826. The number of nitrogens with zero attached hydrogens (tertiary/aromatic N) is 2. The topological polar surface area (TPSA) is 56.0 Å². The van der Waals surface area contributed by atoms with Gasteiger partial charge in [0, 0.05) is 25.5 Å². The molecule has 1 N–H and O–H groups in total. The van der Waals surface area contributed by atoms with Crippen LogP contribution in [-0.2, 0) is 18.4 Å². The highest BCUT2D eigenvalue weighted by Crippen LogP contribution is 2.18. The molecule has 0 bridgehead atoms. The van der Waals surface area contributed by atoms with E-state index in [1.54, 1.807) is 19.4 Å². The monoisotopic (exact) mass is 195 g/mol. The molecule has 0 spiro atoms. The first kappa shape index (κ1) is 9.05. The highest BCUT2D eigenvalue weighted by atomic mass is 16.2. The van der Waals surface area contributed by atoms with E-state index in [1.165, 1.54) is 9.13 Å². The SMILES string of the molecule is Cn1ccn(CC(=O)NC2CC2)c1=O. The van der Waals surface area contributed by atoms with E-state index >= 15 is 0 Å². The molecule has 1 aromatic heterocycles. The van der Waals surface area contributed by atoms with Crippen molar-refractivity contribution in [3.63, 3.8) is 0 Å². The van der Waals surface area contributed by atoms with Gasteiger partial charge in [-0.05, 0) is 12.8 Å². The van der Waals surface area contributed by atoms with Gasteiger partial charge in [0.15, 0.2) is 0 Å². The van der Waals surface area contributed by atoms with Crippen LogP contribution in [0.5, 0.6) is 0 Å². The zero-order chi connectivity index (χ0) is 10.1. The molecule has 0 aromatic carbocycles. The van der Waals surface area contributed by atoms with E-state index in [2.05, 4.69) is 5.32 Å². The van der Waals surface area contributed by atoms with Gasteiger partial charge in [-0.2, -0.15) is 0 Å². The molecule has 14 heavy (non-hydrogen) atoms. The number of amides is 1. The molecule has 1 aliphatic carbocycles. The largest absolute Gasteiger partial charge is 0.352 e. The smallest absolute Gasteiger partial charge is 0.328 e. The molecule has 1 saturated carbocycles. The van der Waals surface area contributed by atoms with Gasteiger partial charge in [0.05, 0.1) is 0 Å². The molecule has 5 heteroatoms. The quantitative estimate of drug-likeness (QED) is 0.704. The maximum atomic E-state index is 11.4. The summed E-state index contributed by atoms with van der Waals surface area (Å²) in [6, 6.07) is 0.349. The molecule has 5 nitrogen and oxygen atoms in total. The Labute approximate surface area is 81.3 Å². The molecule has 2 rings (SSSR count). The zero-order valence-corrected chi connectivity index (χ0v) is 8.06. The third kappa shape index (κ3) is 1.86. The Bertz CT molecular complexity index is 400. The first-order chi connectivity index (χ1) is 6.66. The van der Waals surface area contributed by atoms with Crippen LogP contribution >= 0.6 is 0 Å². The van der Waals surface area contributed by atoms with Crippen molar-refractivity contribution < 1.29 is 4.79 Å². The summed E-state index contributed by atoms with van der Waals surface area (Å²) >= 11 is 0. The van der Waals surface area contributed by atoms with Crippen molar-refractivity contribution in [2.75, 3.05) is 0 Å². The average Bonchev–Trinajstić information content (AvgIpc) is 2.89. The molecule has 0 saturated heterocycles. The number of carbonyl (C=O) groups is 1. The fraction of sp³-hybridized carbons (Fsp3) is 0.556. The van der Waals surface area contributed by atoms with Gasteiger partial charge in [-0.1, -0.05) is 0 Å². The zero-order valence-electron chi connectivity index (χ0n) is 8.06. The molecule has 0 atom stereocenters. The summed E-state index contributed by atoms with van der Waals surface area (Å²) in [6.45, 7) is 0.121. The molecular weight excluding hydrogens is 182 g/mol. The van der Waals surface area contributed by atoms with E-state index in [0.29, 0.717) is 6.04 Å². The number of aromatic nitrogens is 2. The molecule has 76 valence electrons. The molecule has 0 unspecified atom stereocenters. The van der Waals surface area contributed by atoms with Gasteiger partial charge >= 0.3 is 5.69 Å². The van der Waals surface area contributed by atoms with Gasteiger partial charge in [-0.3, -0.25) is 9.36 Å². The predicted molar refractivity (Wildman–Crippen MR) is 50.8 cm³/mol. The second kappa shape index (κ2) is 3.32. The van der Waals surface area contributed by atoms with E-state index in [9.17, 15) is 9.59 Å². The van der Waals surface area contributed by atoms with Crippen molar-refractivity contribution in [2.45, 2.75) is 25.4 Å². The van der Waals surface area contributed by atoms with E-state index in [-0.39, 0.29) is 18.1 Å². The maximum absolute atomic E-state index is 11.4. The Kier molecular flexibility index (Phi) is 2.15. The van der Waals surface area contributed by atoms with Crippen LogP contribution in [-0.4, -0.2) is 21.1 Å². The lowest BCUT2D eigenvalue weighted by Crippen LogP contribution is -2.33. The predicted octanol–water partition coefficient (Wildman–Crippen LogP) is -0.535. The Morgan fingerprint density at radius 3 is 2.79 bits per heavy atom. The van der Waals surface area contributed by atoms with E-state index < -0.39 is 0 Å². The van der Waals surface area contributed by atoms with Crippen molar-refractivity contribution in [1.82, 2.24) is 14.5 Å². The van der Waals surface area contributed by atoms with Crippen molar-refractivity contribution >= 4 is 5.91 Å².